The van der Waals surface area contributed by atoms with Crippen molar-refractivity contribution in [3.63, 3.8) is 0 Å². The molecule has 0 aliphatic heterocycles. The van der Waals surface area contributed by atoms with E-state index in [0.717, 1.165) is 18.6 Å². The van der Waals surface area contributed by atoms with Crippen LogP contribution in [0.25, 0.3) is 11.4 Å². The van der Waals surface area contributed by atoms with Crippen molar-refractivity contribution in [2.24, 2.45) is 0 Å². The van der Waals surface area contributed by atoms with E-state index >= 15 is 0 Å². The molecular formula is C15H16F3N3O2S. The van der Waals surface area contributed by atoms with Crippen LogP contribution in [0.3, 0.4) is 0 Å². The highest BCUT2D eigenvalue weighted by Gasteiger charge is 2.30. The van der Waals surface area contributed by atoms with Crippen LogP contribution in [0.2, 0.25) is 0 Å². The topological polar surface area (TPSA) is 68.0 Å². The number of halogens is 3. The minimum absolute atomic E-state index is 0.0838. The van der Waals surface area contributed by atoms with E-state index in [0.29, 0.717) is 12.3 Å². The van der Waals surface area contributed by atoms with Gasteiger partial charge in [-0.15, -0.1) is 11.8 Å². The van der Waals surface area contributed by atoms with Gasteiger partial charge in [-0.25, -0.2) is 0 Å². The molecule has 0 bridgehead atoms. The number of carbonyl (C=O) groups excluding carboxylic acids is 1. The molecular weight excluding hydrogens is 343 g/mol. The molecule has 0 spiro atoms. The van der Waals surface area contributed by atoms with E-state index in [2.05, 4.69) is 15.5 Å². The standard InChI is InChI=1S/C15H16F3N3O2S/c1-2-6-19-12(22)8-24-9-13-20-14(21-23-13)10-4-3-5-11(7-10)15(16,17)18/h3-5,7H,2,6,8-9H2,1H3,(H,19,22). The molecule has 130 valence electrons. The summed E-state index contributed by atoms with van der Waals surface area (Å²) in [6.45, 7) is 2.58. The molecule has 1 aromatic carbocycles. The lowest BCUT2D eigenvalue weighted by atomic mass is 10.1. The Hall–Kier alpha value is -2.03. The minimum atomic E-state index is -4.43. The van der Waals surface area contributed by atoms with Gasteiger partial charge in [-0.05, 0) is 18.6 Å². The van der Waals surface area contributed by atoms with Gasteiger partial charge in [0.15, 0.2) is 0 Å². The fourth-order valence-electron chi connectivity index (χ4n) is 1.81. The second-order valence-corrected chi connectivity index (χ2v) is 5.92. The molecule has 1 amide bonds. The van der Waals surface area contributed by atoms with Crippen LogP contribution in [0.5, 0.6) is 0 Å². The SMILES string of the molecule is CCCNC(=O)CSCc1nc(-c2cccc(C(F)(F)F)c2)no1. The van der Waals surface area contributed by atoms with E-state index in [1.54, 1.807) is 0 Å². The molecule has 0 aliphatic carbocycles. The van der Waals surface area contributed by atoms with Crippen molar-refractivity contribution in [1.29, 1.82) is 0 Å². The summed E-state index contributed by atoms with van der Waals surface area (Å²) in [5.74, 6) is 0.828. The molecule has 1 heterocycles. The van der Waals surface area contributed by atoms with E-state index in [4.69, 9.17) is 4.52 Å². The van der Waals surface area contributed by atoms with Crippen LogP contribution >= 0.6 is 11.8 Å². The first-order chi connectivity index (χ1) is 11.4. The second-order valence-electron chi connectivity index (χ2n) is 4.93. The average Bonchev–Trinajstić information content (AvgIpc) is 3.01. The monoisotopic (exact) mass is 359 g/mol. The number of benzene rings is 1. The molecule has 0 saturated carbocycles. The van der Waals surface area contributed by atoms with Crippen LogP contribution in [0.4, 0.5) is 13.2 Å². The first-order valence-electron chi connectivity index (χ1n) is 7.25. The van der Waals surface area contributed by atoms with Crippen molar-refractivity contribution >= 4 is 17.7 Å². The Kier molecular flexibility index (Phi) is 6.24. The molecule has 0 atom stereocenters. The Bertz CT molecular complexity index is 689. The lowest BCUT2D eigenvalue weighted by molar-refractivity contribution is -0.137. The second kappa shape index (κ2) is 8.18. The van der Waals surface area contributed by atoms with Crippen LogP contribution in [-0.2, 0) is 16.7 Å². The van der Waals surface area contributed by atoms with Gasteiger partial charge in [0.25, 0.3) is 0 Å². The predicted octanol–water partition coefficient (Wildman–Crippen LogP) is 3.51. The first kappa shape index (κ1) is 18.3. The van der Waals surface area contributed by atoms with Crippen molar-refractivity contribution in [3.05, 3.63) is 35.7 Å². The number of nitrogens with one attached hydrogen (secondary N) is 1. The van der Waals surface area contributed by atoms with Gasteiger partial charge in [0.05, 0.1) is 17.1 Å². The van der Waals surface area contributed by atoms with Crippen molar-refractivity contribution in [1.82, 2.24) is 15.5 Å². The number of rotatable bonds is 7. The third-order valence-electron chi connectivity index (χ3n) is 2.95. The highest BCUT2D eigenvalue weighted by molar-refractivity contribution is 7.99. The Morgan fingerprint density at radius 1 is 1.38 bits per heavy atom. The van der Waals surface area contributed by atoms with Gasteiger partial charge in [0.2, 0.25) is 17.6 Å². The number of hydrogen-bond acceptors (Lipinski definition) is 5. The normalized spacial score (nSPS) is 11.5. The summed E-state index contributed by atoms with van der Waals surface area (Å²) in [6, 6.07) is 4.73. The first-order valence-corrected chi connectivity index (χ1v) is 8.40. The fourth-order valence-corrected chi connectivity index (χ4v) is 2.49. The zero-order valence-corrected chi connectivity index (χ0v) is 13.7. The van der Waals surface area contributed by atoms with Gasteiger partial charge in [0, 0.05) is 12.1 Å². The molecule has 2 rings (SSSR count). The van der Waals surface area contributed by atoms with Gasteiger partial charge < -0.3 is 9.84 Å². The largest absolute Gasteiger partial charge is 0.416 e. The van der Waals surface area contributed by atoms with E-state index in [9.17, 15) is 18.0 Å². The Labute approximate surface area is 141 Å². The smallest absolute Gasteiger partial charge is 0.355 e. The average molecular weight is 359 g/mol. The third kappa shape index (κ3) is 5.26. The minimum Gasteiger partial charge on any atom is -0.355 e. The molecule has 0 radical (unpaired) electrons. The third-order valence-corrected chi connectivity index (χ3v) is 3.86. The number of nitrogens with zero attached hydrogens (tertiary/aromatic N) is 2. The molecule has 0 saturated heterocycles. The fraction of sp³-hybridized carbons (Fsp3) is 0.400. The van der Waals surface area contributed by atoms with Crippen LogP contribution in [0.1, 0.15) is 24.8 Å². The number of hydrogen-bond donors (Lipinski definition) is 1. The number of thioether (sulfide) groups is 1. The summed E-state index contributed by atoms with van der Waals surface area (Å²) in [5.41, 5.74) is -0.543. The molecule has 2 aromatic rings. The van der Waals surface area contributed by atoms with Crippen LogP contribution < -0.4 is 5.32 Å². The molecule has 24 heavy (non-hydrogen) atoms. The van der Waals surface area contributed by atoms with Crippen LogP contribution in [-0.4, -0.2) is 28.3 Å². The lowest BCUT2D eigenvalue weighted by Crippen LogP contribution is -2.25. The van der Waals surface area contributed by atoms with Gasteiger partial charge >= 0.3 is 6.18 Å². The van der Waals surface area contributed by atoms with Crippen molar-refractivity contribution in [2.75, 3.05) is 12.3 Å². The van der Waals surface area contributed by atoms with Gasteiger partial charge in [-0.1, -0.05) is 24.2 Å². The number of alkyl halides is 3. The number of aromatic nitrogens is 2. The molecule has 1 aromatic heterocycles. The number of amides is 1. The summed E-state index contributed by atoms with van der Waals surface area (Å²) in [4.78, 5) is 15.5. The van der Waals surface area contributed by atoms with Crippen molar-refractivity contribution in [3.8, 4) is 11.4 Å². The van der Waals surface area contributed by atoms with Crippen molar-refractivity contribution in [2.45, 2.75) is 25.3 Å². The Morgan fingerprint density at radius 2 is 2.17 bits per heavy atom. The Morgan fingerprint density at radius 3 is 2.88 bits per heavy atom. The summed E-state index contributed by atoms with van der Waals surface area (Å²) in [6.07, 6.45) is -3.56. The lowest BCUT2D eigenvalue weighted by Gasteiger charge is -2.06. The molecule has 0 fully saturated rings. The highest BCUT2D eigenvalue weighted by Crippen LogP contribution is 2.31. The molecule has 0 aliphatic rings. The summed E-state index contributed by atoms with van der Waals surface area (Å²) in [7, 11) is 0. The quantitative estimate of drug-likeness (QED) is 0.819. The van der Waals surface area contributed by atoms with Gasteiger partial charge in [-0.3, -0.25) is 4.79 Å². The summed E-state index contributed by atoms with van der Waals surface area (Å²) in [5, 5.41) is 6.43. The Balaban J connectivity index is 1.95. The maximum Gasteiger partial charge on any atom is 0.416 e. The maximum atomic E-state index is 12.7. The molecule has 0 unspecified atom stereocenters. The van der Waals surface area contributed by atoms with Gasteiger partial charge in [0.1, 0.15) is 0 Å². The predicted molar refractivity (Wildman–Crippen MR) is 84.2 cm³/mol. The van der Waals surface area contributed by atoms with E-state index in [1.165, 1.54) is 23.9 Å². The van der Waals surface area contributed by atoms with Crippen LogP contribution in [0.15, 0.2) is 28.8 Å². The van der Waals surface area contributed by atoms with E-state index < -0.39 is 11.7 Å². The zero-order chi connectivity index (χ0) is 17.6. The van der Waals surface area contributed by atoms with Crippen LogP contribution in [0, 0.1) is 0 Å². The van der Waals surface area contributed by atoms with Gasteiger partial charge in [-0.2, -0.15) is 18.2 Å². The maximum absolute atomic E-state index is 12.7. The number of carbonyl (C=O) groups is 1. The summed E-state index contributed by atoms with van der Waals surface area (Å²) >= 11 is 1.29. The molecule has 9 heteroatoms. The van der Waals surface area contributed by atoms with Crippen molar-refractivity contribution < 1.29 is 22.5 Å². The zero-order valence-electron chi connectivity index (χ0n) is 12.9. The molecule has 1 N–H and O–H groups in total. The highest BCUT2D eigenvalue weighted by atomic mass is 32.2. The summed E-state index contributed by atoms with van der Waals surface area (Å²) < 4.78 is 43.2. The van der Waals surface area contributed by atoms with E-state index in [-0.39, 0.29) is 28.9 Å². The molecule has 5 nitrogen and oxygen atoms in total. The van der Waals surface area contributed by atoms with E-state index in [1.807, 2.05) is 6.92 Å².